The van der Waals surface area contributed by atoms with Gasteiger partial charge in [-0.05, 0) is 30.2 Å². The number of carbonyl (C=O) groups excluding carboxylic acids is 1. The van der Waals surface area contributed by atoms with E-state index in [0.717, 1.165) is 23.3 Å². The smallest absolute Gasteiger partial charge is 0.237 e. The van der Waals surface area contributed by atoms with E-state index < -0.39 is 23.1 Å². The van der Waals surface area contributed by atoms with Crippen molar-refractivity contribution in [3.05, 3.63) is 76.0 Å². The van der Waals surface area contributed by atoms with Crippen LogP contribution in [0.2, 0.25) is 0 Å². The average molecular weight is 484 g/mol. The summed E-state index contributed by atoms with van der Waals surface area (Å²) in [5.74, 6) is -1.39. The van der Waals surface area contributed by atoms with Crippen molar-refractivity contribution in [3.8, 4) is 22.5 Å². The van der Waals surface area contributed by atoms with Crippen molar-refractivity contribution in [1.82, 2.24) is 5.32 Å². The molecule has 0 saturated heterocycles. The van der Waals surface area contributed by atoms with Gasteiger partial charge in [0.25, 0.3) is 0 Å². The predicted octanol–water partition coefficient (Wildman–Crippen LogP) is 3.94. The lowest BCUT2D eigenvalue weighted by molar-refractivity contribution is -0.121. The fourth-order valence-corrected chi connectivity index (χ4v) is 3.95. The van der Waals surface area contributed by atoms with Crippen LogP contribution in [0.25, 0.3) is 33.4 Å². The number of halogens is 2. The van der Waals surface area contributed by atoms with E-state index in [-0.39, 0.29) is 36.2 Å². The molecule has 9 heteroatoms. The predicted molar refractivity (Wildman–Crippen MR) is 133 cm³/mol. The van der Waals surface area contributed by atoms with E-state index in [1.165, 1.54) is 12.1 Å². The van der Waals surface area contributed by atoms with Crippen molar-refractivity contribution in [3.63, 3.8) is 0 Å². The third-order valence-electron chi connectivity index (χ3n) is 5.55. The molecule has 0 unspecified atom stereocenters. The number of benzene rings is 3. The fourth-order valence-electron chi connectivity index (χ4n) is 3.79. The number of rotatable bonds is 7. The van der Waals surface area contributed by atoms with Crippen LogP contribution in [0.3, 0.4) is 0 Å². The van der Waals surface area contributed by atoms with Crippen LogP contribution in [-0.4, -0.2) is 30.8 Å². The van der Waals surface area contributed by atoms with E-state index in [1.54, 1.807) is 0 Å². The van der Waals surface area contributed by atoms with Crippen LogP contribution < -0.4 is 21.8 Å². The number of aryl methyl sites for hydroxylation is 1. The van der Waals surface area contributed by atoms with Crippen LogP contribution in [0, 0.1) is 18.6 Å². The molecule has 1 atom stereocenters. The van der Waals surface area contributed by atoms with Crippen LogP contribution in [0.5, 0.6) is 0 Å². The lowest BCUT2D eigenvalue weighted by Gasteiger charge is -2.18. The Kier molecular flexibility index (Phi) is 6.85. The van der Waals surface area contributed by atoms with Crippen LogP contribution in [0.4, 0.5) is 14.5 Å². The first-order chi connectivity index (χ1) is 16.3. The quantitative estimate of drug-likeness (QED) is 0.181. The van der Waals surface area contributed by atoms with Crippen molar-refractivity contribution in [2.75, 3.05) is 24.2 Å². The molecule has 6 nitrogen and oxygen atoms in total. The number of anilines is 1. The number of nitrogens with one attached hydrogen (secondary N) is 2. The minimum atomic E-state index is -0.907. The second kappa shape index (κ2) is 9.82. The standard InChI is InChI=1S/C25H23F2N3O3S/c1-13-4-2-3-5-14(13)24-15-8-17(26)20(29-6-7-30-25(32)19(28)12-34)10-22(15)33-23-11-21(31)18(27)9-16(23)24/h2-5,8-11,19,29,34H,6-7,12,28H2,1H3,(H,30,32)/t19-/m1/s1. The van der Waals surface area contributed by atoms with Gasteiger partial charge in [-0.15, -0.1) is 0 Å². The molecule has 1 amide bonds. The number of amides is 1. The summed E-state index contributed by atoms with van der Waals surface area (Å²) >= 11 is 3.98. The fraction of sp³-hybridized carbons (Fsp3) is 0.200. The Morgan fingerprint density at radius 3 is 2.59 bits per heavy atom. The largest absolute Gasteiger partial charge is 0.456 e. The van der Waals surface area contributed by atoms with Crippen LogP contribution in [0.1, 0.15) is 5.56 Å². The molecule has 1 heterocycles. The zero-order valence-electron chi connectivity index (χ0n) is 18.3. The average Bonchev–Trinajstić information content (AvgIpc) is 2.82. The number of fused-ring (bicyclic) bond motifs is 2. The molecule has 2 aliphatic rings. The molecule has 4 rings (SSSR count). The number of carbonyl (C=O) groups is 1. The zero-order chi connectivity index (χ0) is 24.4. The molecule has 2 aromatic carbocycles. The highest BCUT2D eigenvalue weighted by atomic mass is 32.1. The summed E-state index contributed by atoms with van der Waals surface area (Å²) < 4.78 is 35.2. The normalized spacial score (nSPS) is 12.1. The SMILES string of the molecule is Cc1ccccc1-c1c2cc(F)c(=O)cc-2oc2cc(NCCNC(=O)[C@H](N)CS)c(F)cc12. The third kappa shape index (κ3) is 4.62. The Balaban J connectivity index is 1.77. The van der Waals surface area contributed by atoms with Crippen LogP contribution in [0.15, 0.2) is 57.7 Å². The highest BCUT2D eigenvalue weighted by molar-refractivity contribution is 7.80. The van der Waals surface area contributed by atoms with Gasteiger partial charge in [0.1, 0.15) is 17.2 Å². The van der Waals surface area contributed by atoms with Gasteiger partial charge in [0.05, 0.1) is 11.7 Å². The van der Waals surface area contributed by atoms with Crippen molar-refractivity contribution in [1.29, 1.82) is 0 Å². The first-order valence-electron chi connectivity index (χ1n) is 10.6. The lowest BCUT2D eigenvalue weighted by Crippen LogP contribution is -2.43. The van der Waals surface area contributed by atoms with Gasteiger partial charge in [0.2, 0.25) is 11.3 Å². The number of hydrogen-bond donors (Lipinski definition) is 4. The highest BCUT2D eigenvalue weighted by Crippen LogP contribution is 2.42. The van der Waals surface area contributed by atoms with Gasteiger partial charge in [-0.2, -0.15) is 12.6 Å². The Bertz CT molecular complexity index is 1410. The molecule has 34 heavy (non-hydrogen) atoms. The van der Waals surface area contributed by atoms with E-state index in [2.05, 4.69) is 23.3 Å². The molecule has 176 valence electrons. The first-order valence-corrected chi connectivity index (χ1v) is 11.3. The Morgan fingerprint density at radius 1 is 1.09 bits per heavy atom. The minimum Gasteiger partial charge on any atom is -0.456 e. The van der Waals surface area contributed by atoms with Gasteiger partial charge < -0.3 is 20.8 Å². The number of nitrogens with two attached hydrogens (primary N) is 1. The summed E-state index contributed by atoms with van der Waals surface area (Å²) in [4.78, 5) is 23.7. The van der Waals surface area contributed by atoms with E-state index in [1.807, 2.05) is 31.2 Å². The summed E-state index contributed by atoms with van der Waals surface area (Å²) in [7, 11) is 0. The van der Waals surface area contributed by atoms with Crippen LogP contribution in [-0.2, 0) is 4.79 Å². The van der Waals surface area contributed by atoms with Gasteiger partial charge in [-0.3, -0.25) is 9.59 Å². The molecule has 0 saturated carbocycles. The molecule has 0 radical (unpaired) electrons. The topological polar surface area (TPSA) is 97.4 Å². The maximum Gasteiger partial charge on any atom is 0.237 e. The summed E-state index contributed by atoms with van der Waals surface area (Å²) in [6.45, 7) is 2.36. The van der Waals surface area contributed by atoms with Crippen molar-refractivity contribution >= 4 is 35.2 Å². The Labute approximate surface area is 199 Å². The summed E-state index contributed by atoms with van der Waals surface area (Å²) in [6.07, 6.45) is 0. The Hall–Kier alpha value is -3.43. The number of thiol groups is 1. The zero-order valence-corrected chi connectivity index (χ0v) is 19.2. The van der Waals surface area contributed by atoms with Crippen molar-refractivity contribution < 1.29 is 18.0 Å². The Morgan fingerprint density at radius 2 is 1.85 bits per heavy atom. The molecular formula is C25H23F2N3O3S. The molecule has 0 bridgehead atoms. The van der Waals surface area contributed by atoms with Gasteiger partial charge in [-0.1, -0.05) is 24.3 Å². The van der Waals surface area contributed by atoms with E-state index in [4.69, 9.17) is 10.2 Å². The molecule has 0 fully saturated rings. The maximum atomic E-state index is 15.1. The van der Waals surface area contributed by atoms with Gasteiger partial charge in [-0.25, -0.2) is 8.78 Å². The molecule has 1 aliphatic heterocycles. The van der Waals surface area contributed by atoms with Gasteiger partial charge >= 0.3 is 0 Å². The van der Waals surface area contributed by atoms with E-state index in [9.17, 15) is 14.0 Å². The third-order valence-corrected chi connectivity index (χ3v) is 5.94. The van der Waals surface area contributed by atoms with E-state index in [0.29, 0.717) is 22.1 Å². The monoisotopic (exact) mass is 483 g/mol. The second-order valence-electron chi connectivity index (χ2n) is 7.91. The second-order valence-corrected chi connectivity index (χ2v) is 8.27. The lowest BCUT2D eigenvalue weighted by atomic mass is 9.91. The maximum absolute atomic E-state index is 15.1. The van der Waals surface area contributed by atoms with Crippen molar-refractivity contribution in [2.45, 2.75) is 13.0 Å². The molecule has 0 spiro atoms. The number of hydrogen-bond acceptors (Lipinski definition) is 6. The molecule has 2 aromatic rings. The molecule has 1 aliphatic carbocycles. The minimum absolute atomic E-state index is 0.156. The molecule has 0 aromatic heterocycles. The highest BCUT2D eigenvalue weighted by Gasteiger charge is 2.22. The van der Waals surface area contributed by atoms with Crippen LogP contribution >= 0.6 is 12.6 Å². The summed E-state index contributed by atoms with van der Waals surface area (Å²) in [6, 6.07) is 11.8. The van der Waals surface area contributed by atoms with Gasteiger partial charge in [0.15, 0.2) is 5.82 Å². The molecule has 4 N–H and O–H groups in total. The van der Waals surface area contributed by atoms with Crippen molar-refractivity contribution in [2.24, 2.45) is 5.73 Å². The van der Waals surface area contributed by atoms with Gasteiger partial charge in [0, 0.05) is 47.5 Å². The van der Waals surface area contributed by atoms with E-state index >= 15 is 4.39 Å². The molecular weight excluding hydrogens is 460 g/mol. The summed E-state index contributed by atoms with van der Waals surface area (Å²) in [5.41, 5.74) is 7.92. The first kappa shape index (κ1) is 23.7. The summed E-state index contributed by atoms with van der Waals surface area (Å²) in [5, 5.41) is 6.01.